The van der Waals surface area contributed by atoms with Crippen molar-refractivity contribution >= 4 is 17.5 Å². The van der Waals surface area contributed by atoms with Crippen molar-refractivity contribution in [2.75, 3.05) is 19.4 Å². The van der Waals surface area contributed by atoms with Gasteiger partial charge in [0.05, 0.1) is 5.56 Å². The fraction of sp³-hybridized carbons (Fsp3) is 0.222. The van der Waals surface area contributed by atoms with E-state index < -0.39 is 6.10 Å². The molecule has 0 heterocycles. The van der Waals surface area contributed by atoms with Crippen molar-refractivity contribution in [3.63, 3.8) is 0 Å². The third kappa shape index (κ3) is 4.32. The number of amides is 2. The number of para-hydroxylation sites is 2. The van der Waals surface area contributed by atoms with Gasteiger partial charge in [0.1, 0.15) is 5.75 Å². The second-order valence-corrected chi connectivity index (χ2v) is 5.31. The molecule has 0 saturated carbocycles. The van der Waals surface area contributed by atoms with Crippen molar-refractivity contribution < 1.29 is 14.3 Å². The van der Waals surface area contributed by atoms with E-state index in [1.807, 2.05) is 18.2 Å². The number of rotatable bonds is 5. The van der Waals surface area contributed by atoms with E-state index in [-0.39, 0.29) is 11.8 Å². The molecule has 23 heavy (non-hydrogen) atoms. The highest BCUT2D eigenvalue weighted by Crippen LogP contribution is 2.21. The van der Waals surface area contributed by atoms with E-state index in [1.54, 1.807) is 57.4 Å². The Kier molecular flexibility index (Phi) is 5.36. The third-order valence-electron chi connectivity index (χ3n) is 3.26. The van der Waals surface area contributed by atoms with Gasteiger partial charge >= 0.3 is 0 Å². The number of hydrogen-bond acceptors (Lipinski definition) is 3. The fourth-order valence-corrected chi connectivity index (χ4v) is 2.08. The Hall–Kier alpha value is -2.82. The van der Waals surface area contributed by atoms with Gasteiger partial charge in [0, 0.05) is 19.8 Å². The molecular formula is C18H20N2O3. The molecule has 5 heteroatoms. The van der Waals surface area contributed by atoms with E-state index in [2.05, 4.69) is 5.32 Å². The topological polar surface area (TPSA) is 58.6 Å². The molecule has 0 saturated heterocycles. The summed E-state index contributed by atoms with van der Waals surface area (Å²) in [6.45, 7) is 1.66. The van der Waals surface area contributed by atoms with Gasteiger partial charge in [0.25, 0.3) is 11.8 Å². The smallest absolute Gasteiger partial charge is 0.262 e. The Morgan fingerprint density at radius 2 is 1.61 bits per heavy atom. The average molecular weight is 312 g/mol. The predicted molar refractivity (Wildman–Crippen MR) is 89.6 cm³/mol. The summed E-state index contributed by atoms with van der Waals surface area (Å²) in [4.78, 5) is 25.8. The molecule has 1 N–H and O–H groups in total. The summed E-state index contributed by atoms with van der Waals surface area (Å²) < 4.78 is 5.68. The Morgan fingerprint density at radius 1 is 1.00 bits per heavy atom. The Balaban J connectivity index is 2.17. The van der Waals surface area contributed by atoms with Crippen molar-refractivity contribution in [3.8, 4) is 5.75 Å². The lowest BCUT2D eigenvalue weighted by molar-refractivity contribution is -0.135. The van der Waals surface area contributed by atoms with Crippen molar-refractivity contribution in [2.24, 2.45) is 0 Å². The van der Waals surface area contributed by atoms with E-state index >= 15 is 0 Å². The lowest BCUT2D eigenvalue weighted by atomic mass is 10.1. The Bertz CT molecular complexity index is 684. The molecule has 0 aliphatic heterocycles. The van der Waals surface area contributed by atoms with Gasteiger partial charge in [-0.25, -0.2) is 0 Å². The zero-order valence-corrected chi connectivity index (χ0v) is 13.4. The maximum absolute atomic E-state index is 12.4. The van der Waals surface area contributed by atoms with Crippen LogP contribution in [-0.2, 0) is 4.79 Å². The van der Waals surface area contributed by atoms with Crippen LogP contribution in [0.5, 0.6) is 5.75 Å². The number of carbonyl (C=O) groups excluding carboxylic acids is 2. The van der Waals surface area contributed by atoms with Crippen LogP contribution < -0.4 is 10.1 Å². The highest BCUT2D eigenvalue weighted by molar-refractivity contribution is 6.06. The zero-order chi connectivity index (χ0) is 16.8. The second kappa shape index (κ2) is 7.45. The van der Waals surface area contributed by atoms with E-state index in [9.17, 15) is 9.59 Å². The first-order valence-corrected chi connectivity index (χ1v) is 7.32. The zero-order valence-electron chi connectivity index (χ0n) is 13.4. The van der Waals surface area contributed by atoms with Gasteiger partial charge in [-0.15, -0.1) is 0 Å². The minimum atomic E-state index is -0.671. The maximum Gasteiger partial charge on any atom is 0.262 e. The van der Waals surface area contributed by atoms with Crippen LogP contribution in [0.2, 0.25) is 0 Å². The molecule has 0 unspecified atom stereocenters. The van der Waals surface area contributed by atoms with Crippen molar-refractivity contribution in [3.05, 3.63) is 60.2 Å². The minimum Gasteiger partial charge on any atom is -0.480 e. The first-order valence-electron chi connectivity index (χ1n) is 7.32. The van der Waals surface area contributed by atoms with E-state index in [4.69, 9.17) is 4.74 Å². The number of hydrogen-bond donors (Lipinski definition) is 1. The summed E-state index contributed by atoms with van der Waals surface area (Å²) in [5.41, 5.74) is 1.08. The Morgan fingerprint density at radius 3 is 2.26 bits per heavy atom. The monoisotopic (exact) mass is 312 g/mol. The van der Waals surface area contributed by atoms with Crippen LogP contribution in [0.1, 0.15) is 17.3 Å². The normalized spacial score (nSPS) is 11.4. The molecule has 2 aromatic rings. The summed E-state index contributed by atoms with van der Waals surface area (Å²) in [5.74, 6) is -0.0665. The first-order chi connectivity index (χ1) is 11.0. The standard InChI is InChI=1S/C18H20N2O3/c1-13(18(22)20(2)3)23-16-12-8-7-11-15(16)17(21)19-14-9-5-4-6-10-14/h4-13H,1-3H3,(H,19,21)/t13-/m0/s1. The molecule has 0 fully saturated rings. The molecule has 120 valence electrons. The number of anilines is 1. The molecule has 2 aromatic carbocycles. The molecular weight excluding hydrogens is 292 g/mol. The molecule has 0 radical (unpaired) electrons. The number of carbonyl (C=O) groups is 2. The van der Waals surface area contributed by atoms with Gasteiger partial charge in [-0.1, -0.05) is 30.3 Å². The summed E-state index contributed by atoms with van der Waals surface area (Å²) in [6, 6.07) is 16.0. The molecule has 0 aliphatic carbocycles. The van der Waals surface area contributed by atoms with Gasteiger partial charge < -0.3 is 15.0 Å². The van der Waals surface area contributed by atoms with Crippen LogP contribution in [0.3, 0.4) is 0 Å². The summed E-state index contributed by atoms with van der Waals surface area (Å²) in [6.07, 6.45) is -0.671. The van der Waals surface area contributed by atoms with Crippen LogP contribution in [0.4, 0.5) is 5.69 Å². The van der Waals surface area contributed by atoms with Crippen molar-refractivity contribution in [2.45, 2.75) is 13.0 Å². The largest absolute Gasteiger partial charge is 0.480 e. The average Bonchev–Trinajstić information content (AvgIpc) is 2.55. The highest BCUT2D eigenvalue weighted by Gasteiger charge is 2.20. The number of benzene rings is 2. The predicted octanol–water partition coefficient (Wildman–Crippen LogP) is 2.79. The van der Waals surface area contributed by atoms with E-state index in [1.165, 1.54) is 4.90 Å². The van der Waals surface area contributed by atoms with Crippen molar-refractivity contribution in [1.82, 2.24) is 4.90 Å². The van der Waals surface area contributed by atoms with Gasteiger partial charge in [0.15, 0.2) is 6.10 Å². The molecule has 2 rings (SSSR count). The van der Waals surface area contributed by atoms with Crippen LogP contribution in [-0.4, -0.2) is 36.9 Å². The summed E-state index contributed by atoms with van der Waals surface area (Å²) >= 11 is 0. The minimum absolute atomic E-state index is 0.164. The van der Waals surface area contributed by atoms with E-state index in [0.29, 0.717) is 17.0 Å². The molecule has 1 atom stereocenters. The Labute approximate surface area is 135 Å². The van der Waals surface area contributed by atoms with E-state index in [0.717, 1.165) is 0 Å². The SMILES string of the molecule is C[C@H](Oc1ccccc1C(=O)Nc1ccccc1)C(=O)N(C)C. The van der Waals surface area contributed by atoms with Crippen molar-refractivity contribution in [1.29, 1.82) is 0 Å². The first kappa shape index (κ1) is 16.5. The molecule has 0 spiro atoms. The highest BCUT2D eigenvalue weighted by atomic mass is 16.5. The van der Waals surface area contributed by atoms with Gasteiger partial charge in [-0.3, -0.25) is 9.59 Å². The molecule has 0 aliphatic rings. The molecule has 0 bridgehead atoms. The lowest BCUT2D eigenvalue weighted by Gasteiger charge is -2.19. The number of nitrogens with zero attached hydrogens (tertiary/aromatic N) is 1. The quantitative estimate of drug-likeness (QED) is 0.923. The summed E-state index contributed by atoms with van der Waals surface area (Å²) in [7, 11) is 3.33. The third-order valence-corrected chi connectivity index (χ3v) is 3.26. The molecule has 5 nitrogen and oxygen atoms in total. The number of nitrogens with one attached hydrogen (secondary N) is 1. The number of ether oxygens (including phenoxy) is 1. The molecule has 2 amide bonds. The van der Waals surface area contributed by atoms with Gasteiger partial charge in [-0.2, -0.15) is 0 Å². The van der Waals surface area contributed by atoms with Gasteiger partial charge in [0.2, 0.25) is 0 Å². The van der Waals surface area contributed by atoms with Crippen LogP contribution in [0.25, 0.3) is 0 Å². The van der Waals surface area contributed by atoms with Crippen LogP contribution >= 0.6 is 0 Å². The van der Waals surface area contributed by atoms with Crippen LogP contribution in [0, 0.1) is 0 Å². The summed E-state index contributed by atoms with van der Waals surface area (Å²) in [5, 5.41) is 2.81. The molecule has 0 aromatic heterocycles. The van der Waals surface area contributed by atoms with Crippen LogP contribution in [0.15, 0.2) is 54.6 Å². The maximum atomic E-state index is 12.4. The second-order valence-electron chi connectivity index (χ2n) is 5.31. The fourth-order valence-electron chi connectivity index (χ4n) is 2.08. The number of likely N-dealkylation sites (N-methyl/N-ethyl adjacent to an activating group) is 1. The van der Waals surface area contributed by atoms with Gasteiger partial charge in [-0.05, 0) is 31.2 Å². The lowest BCUT2D eigenvalue weighted by Crippen LogP contribution is -2.35.